The molecule has 0 unspecified atom stereocenters. The highest BCUT2D eigenvalue weighted by Gasteiger charge is 2.15. The van der Waals surface area contributed by atoms with Crippen LogP contribution in [0.3, 0.4) is 0 Å². The lowest BCUT2D eigenvalue weighted by Gasteiger charge is -2.15. The molecule has 4 nitrogen and oxygen atoms in total. The van der Waals surface area contributed by atoms with E-state index in [1.807, 2.05) is 0 Å². The molecule has 106 valence electrons. The summed E-state index contributed by atoms with van der Waals surface area (Å²) in [5.74, 6) is 0.243. The molecular formula is C13H17Cl2NO3. The summed E-state index contributed by atoms with van der Waals surface area (Å²) < 4.78 is 10.4. The largest absolute Gasteiger partial charge is 0.479 e. The summed E-state index contributed by atoms with van der Waals surface area (Å²) in [6.45, 7) is 2.82. The average molecular weight is 306 g/mol. The molecule has 1 amide bonds. The minimum absolute atomic E-state index is 0.192. The van der Waals surface area contributed by atoms with Crippen molar-refractivity contribution in [2.24, 2.45) is 0 Å². The van der Waals surface area contributed by atoms with Crippen molar-refractivity contribution in [3.8, 4) is 5.75 Å². The second kappa shape index (κ2) is 8.25. The van der Waals surface area contributed by atoms with E-state index in [-0.39, 0.29) is 5.91 Å². The molecule has 1 N–H and O–H groups in total. The van der Waals surface area contributed by atoms with E-state index in [4.69, 9.17) is 32.7 Å². The Labute approximate surface area is 123 Å². The zero-order valence-corrected chi connectivity index (χ0v) is 12.4. The Morgan fingerprint density at radius 1 is 1.42 bits per heavy atom. The van der Waals surface area contributed by atoms with Crippen LogP contribution >= 0.6 is 23.2 Å². The summed E-state index contributed by atoms with van der Waals surface area (Å²) in [6.07, 6.45) is 0.137. The lowest BCUT2D eigenvalue weighted by molar-refractivity contribution is -0.127. The summed E-state index contributed by atoms with van der Waals surface area (Å²) in [5, 5.41) is 3.66. The summed E-state index contributed by atoms with van der Waals surface area (Å²) in [4.78, 5) is 11.7. The van der Waals surface area contributed by atoms with Gasteiger partial charge in [0.05, 0.1) is 5.02 Å². The van der Waals surface area contributed by atoms with Gasteiger partial charge in [0.25, 0.3) is 5.91 Å². The number of hydrogen-bond acceptors (Lipinski definition) is 3. The smallest absolute Gasteiger partial charge is 0.260 e. The maximum absolute atomic E-state index is 11.7. The molecule has 0 bridgehead atoms. The molecule has 0 aromatic heterocycles. The summed E-state index contributed by atoms with van der Waals surface area (Å²) in [5.41, 5.74) is 0. The van der Waals surface area contributed by atoms with Crippen molar-refractivity contribution in [3.63, 3.8) is 0 Å². The van der Waals surface area contributed by atoms with Crippen molar-refractivity contribution in [2.75, 3.05) is 20.3 Å². The summed E-state index contributed by atoms with van der Waals surface area (Å²) in [6, 6.07) is 4.87. The average Bonchev–Trinajstić information content (AvgIpc) is 2.37. The molecule has 0 fully saturated rings. The van der Waals surface area contributed by atoms with Gasteiger partial charge in [0.1, 0.15) is 5.75 Å². The first-order valence-corrected chi connectivity index (χ1v) is 6.68. The second-order valence-corrected chi connectivity index (χ2v) is 4.82. The normalized spacial score (nSPS) is 12.0. The lowest BCUT2D eigenvalue weighted by Crippen LogP contribution is -2.37. The highest BCUT2D eigenvalue weighted by molar-refractivity contribution is 6.35. The lowest BCUT2D eigenvalue weighted by atomic mass is 10.3. The van der Waals surface area contributed by atoms with Gasteiger partial charge in [0.2, 0.25) is 0 Å². The fraction of sp³-hybridized carbons (Fsp3) is 0.462. The number of methoxy groups -OCH3 is 1. The number of halogens is 2. The van der Waals surface area contributed by atoms with E-state index < -0.39 is 6.10 Å². The molecule has 0 spiro atoms. The number of nitrogens with one attached hydrogen (secondary N) is 1. The SMILES string of the molecule is COCCCNC(=O)[C@@H](C)Oc1ccc(Cl)cc1Cl. The van der Waals surface area contributed by atoms with Gasteiger partial charge in [-0.3, -0.25) is 4.79 Å². The molecule has 1 atom stereocenters. The quantitative estimate of drug-likeness (QED) is 0.788. The predicted molar refractivity (Wildman–Crippen MR) is 76.1 cm³/mol. The van der Waals surface area contributed by atoms with Gasteiger partial charge >= 0.3 is 0 Å². The number of carbonyl (C=O) groups is 1. The van der Waals surface area contributed by atoms with Crippen molar-refractivity contribution in [1.29, 1.82) is 0 Å². The number of hydrogen-bond donors (Lipinski definition) is 1. The molecular weight excluding hydrogens is 289 g/mol. The topological polar surface area (TPSA) is 47.6 Å². The molecule has 0 aliphatic heterocycles. The van der Waals surface area contributed by atoms with Crippen molar-refractivity contribution >= 4 is 29.1 Å². The zero-order chi connectivity index (χ0) is 14.3. The van der Waals surface area contributed by atoms with Gasteiger partial charge in [0, 0.05) is 25.3 Å². The number of rotatable bonds is 7. The molecule has 1 aromatic rings. The third-order valence-corrected chi connectivity index (χ3v) is 2.92. The van der Waals surface area contributed by atoms with E-state index in [9.17, 15) is 4.79 Å². The highest BCUT2D eigenvalue weighted by atomic mass is 35.5. The number of benzene rings is 1. The van der Waals surface area contributed by atoms with Crippen LogP contribution < -0.4 is 10.1 Å². The molecule has 0 aliphatic rings. The first-order valence-electron chi connectivity index (χ1n) is 5.93. The molecule has 6 heteroatoms. The number of ether oxygens (including phenoxy) is 2. The van der Waals surface area contributed by atoms with Crippen molar-refractivity contribution in [3.05, 3.63) is 28.2 Å². The van der Waals surface area contributed by atoms with Gasteiger partial charge in [-0.15, -0.1) is 0 Å². The first-order chi connectivity index (χ1) is 9.04. The molecule has 0 saturated carbocycles. The fourth-order valence-electron chi connectivity index (χ4n) is 1.39. The fourth-order valence-corrected chi connectivity index (χ4v) is 1.84. The minimum Gasteiger partial charge on any atom is -0.479 e. The number of amides is 1. The van der Waals surface area contributed by atoms with Gasteiger partial charge in [0.15, 0.2) is 6.10 Å². The van der Waals surface area contributed by atoms with Crippen LogP contribution in [0.4, 0.5) is 0 Å². The van der Waals surface area contributed by atoms with Crippen LogP contribution in [0.1, 0.15) is 13.3 Å². The van der Waals surface area contributed by atoms with Crippen LogP contribution in [-0.2, 0) is 9.53 Å². The zero-order valence-electron chi connectivity index (χ0n) is 10.9. The maximum atomic E-state index is 11.7. The van der Waals surface area contributed by atoms with Crippen LogP contribution in [0.15, 0.2) is 18.2 Å². The Bertz CT molecular complexity index is 426. The van der Waals surface area contributed by atoms with Crippen LogP contribution in [0.5, 0.6) is 5.75 Å². The predicted octanol–water partition coefficient (Wildman–Crippen LogP) is 2.91. The Balaban J connectivity index is 2.45. The van der Waals surface area contributed by atoms with E-state index in [1.165, 1.54) is 0 Å². The monoisotopic (exact) mass is 305 g/mol. The second-order valence-electron chi connectivity index (χ2n) is 3.97. The van der Waals surface area contributed by atoms with Crippen molar-refractivity contribution < 1.29 is 14.3 Å². The molecule has 1 aromatic carbocycles. The van der Waals surface area contributed by atoms with Crippen molar-refractivity contribution in [2.45, 2.75) is 19.4 Å². The Hall–Kier alpha value is -0.970. The van der Waals surface area contributed by atoms with E-state index in [0.29, 0.717) is 28.9 Å². The molecule has 0 saturated heterocycles. The maximum Gasteiger partial charge on any atom is 0.260 e. The Morgan fingerprint density at radius 3 is 2.79 bits per heavy atom. The van der Waals surface area contributed by atoms with Gasteiger partial charge in [-0.05, 0) is 31.5 Å². The molecule has 0 aliphatic carbocycles. The third kappa shape index (κ3) is 5.68. The van der Waals surface area contributed by atoms with E-state index in [1.54, 1.807) is 32.2 Å². The van der Waals surface area contributed by atoms with Crippen LogP contribution in [0, 0.1) is 0 Å². The molecule has 19 heavy (non-hydrogen) atoms. The highest BCUT2D eigenvalue weighted by Crippen LogP contribution is 2.28. The van der Waals surface area contributed by atoms with E-state index in [0.717, 1.165) is 6.42 Å². The van der Waals surface area contributed by atoms with Gasteiger partial charge in [-0.1, -0.05) is 23.2 Å². The van der Waals surface area contributed by atoms with Crippen LogP contribution in [0.2, 0.25) is 10.0 Å². The summed E-state index contributed by atoms with van der Waals surface area (Å²) in [7, 11) is 1.62. The van der Waals surface area contributed by atoms with Gasteiger partial charge in [-0.2, -0.15) is 0 Å². The molecule has 0 radical (unpaired) electrons. The Kier molecular flexibility index (Phi) is 6.99. The van der Waals surface area contributed by atoms with Gasteiger partial charge < -0.3 is 14.8 Å². The molecule has 1 rings (SSSR count). The molecule has 0 heterocycles. The van der Waals surface area contributed by atoms with Crippen LogP contribution in [0.25, 0.3) is 0 Å². The van der Waals surface area contributed by atoms with E-state index in [2.05, 4.69) is 5.32 Å². The standard InChI is InChI=1S/C13H17Cl2NO3/c1-9(13(17)16-6-3-7-18-2)19-12-5-4-10(14)8-11(12)15/h4-5,8-9H,3,6-7H2,1-2H3,(H,16,17)/t9-/m1/s1. The van der Waals surface area contributed by atoms with E-state index >= 15 is 0 Å². The van der Waals surface area contributed by atoms with Gasteiger partial charge in [-0.25, -0.2) is 0 Å². The van der Waals surface area contributed by atoms with Crippen LogP contribution in [-0.4, -0.2) is 32.3 Å². The Morgan fingerprint density at radius 2 is 2.16 bits per heavy atom. The van der Waals surface area contributed by atoms with Crippen molar-refractivity contribution in [1.82, 2.24) is 5.32 Å². The number of carbonyl (C=O) groups excluding carboxylic acids is 1. The third-order valence-electron chi connectivity index (χ3n) is 2.39. The summed E-state index contributed by atoms with van der Waals surface area (Å²) >= 11 is 11.7. The first kappa shape index (κ1) is 16.1. The minimum atomic E-state index is -0.624.